The fourth-order valence-electron chi connectivity index (χ4n) is 3.02. The van der Waals surface area contributed by atoms with E-state index >= 15 is 0 Å². The lowest BCUT2D eigenvalue weighted by Crippen LogP contribution is -2.32. The maximum absolute atomic E-state index is 11.6. The van der Waals surface area contributed by atoms with E-state index in [-0.39, 0.29) is 17.4 Å². The molecule has 162 valence electrons. The van der Waals surface area contributed by atoms with Gasteiger partial charge in [-0.1, -0.05) is 26.8 Å². The van der Waals surface area contributed by atoms with Crippen LogP contribution in [0.4, 0.5) is 0 Å². The summed E-state index contributed by atoms with van der Waals surface area (Å²) in [6, 6.07) is 6.02. The largest absolute Gasteiger partial charge is 0.391 e. The van der Waals surface area contributed by atoms with Crippen molar-refractivity contribution in [3.63, 3.8) is 0 Å². The molecular weight excluding hydrogens is 370 g/mol. The third-order valence-electron chi connectivity index (χ3n) is 4.40. The first-order valence-corrected chi connectivity index (χ1v) is 9.81. The zero-order valence-electron chi connectivity index (χ0n) is 18.2. The third kappa shape index (κ3) is 8.21. The molecule has 0 saturated carbocycles. The Kier molecular flexibility index (Phi) is 9.77. The molecule has 2 aromatic rings. The topological polar surface area (TPSA) is 113 Å². The number of aromatic nitrogens is 2. The second-order valence-electron chi connectivity index (χ2n) is 8.18. The molecule has 0 bridgehead atoms. The number of nitrogens with two attached hydrogens (primary N) is 1. The maximum atomic E-state index is 11.6. The number of nitrogens with zero attached hydrogens (tertiary/aromatic N) is 3. The van der Waals surface area contributed by atoms with E-state index in [1.165, 1.54) is 7.05 Å². The summed E-state index contributed by atoms with van der Waals surface area (Å²) in [7, 11) is 3.41. The number of benzene rings is 1. The highest BCUT2D eigenvalue weighted by atomic mass is 16.3. The molecule has 1 saturated heterocycles. The van der Waals surface area contributed by atoms with Crippen molar-refractivity contribution in [2.45, 2.75) is 46.3 Å². The first-order chi connectivity index (χ1) is 13.7. The molecule has 1 fully saturated rings. The minimum absolute atomic E-state index is 0.0463. The lowest BCUT2D eigenvalue weighted by Gasteiger charge is -2.22. The Labute approximate surface area is 173 Å². The van der Waals surface area contributed by atoms with Gasteiger partial charge in [-0.15, -0.1) is 0 Å². The molecule has 8 heteroatoms. The van der Waals surface area contributed by atoms with Crippen LogP contribution >= 0.6 is 0 Å². The number of hydrogen-bond donors (Lipinski definition) is 3. The van der Waals surface area contributed by atoms with E-state index in [4.69, 9.17) is 0 Å². The molecule has 2 heterocycles. The Morgan fingerprint density at radius 2 is 2.07 bits per heavy atom. The van der Waals surface area contributed by atoms with E-state index in [1.807, 2.05) is 36.1 Å². The van der Waals surface area contributed by atoms with Crippen molar-refractivity contribution < 1.29 is 14.7 Å². The number of aliphatic hydroxyl groups excluding tert-OH is 1. The van der Waals surface area contributed by atoms with Gasteiger partial charge in [0.2, 0.25) is 12.3 Å². The van der Waals surface area contributed by atoms with E-state index < -0.39 is 0 Å². The molecule has 2 amide bonds. The third-order valence-corrected chi connectivity index (χ3v) is 4.40. The summed E-state index contributed by atoms with van der Waals surface area (Å²) in [4.78, 5) is 23.5. The second-order valence-corrected chi connectivity index (χ2v) is 8.18. The fraction of sp³-hybridized carbons (Fsp3) is 0.571. The van der Waals surface area contributed by atoms with Crippen molar-refractivity contribution in [3.8, 4) is 0 Å². The van der Waals surface area contributed by atoms with Gasteiger partial charge in [0.15, 0.2) is 0 Å². The van der Waals surface area contributed by atoms with Crippen LogP contribution in [0.15, 0.2) is 24.4 Å². The Morgan fingerprint density at radius 1 is 1.38 bits per heavy atom. The van der Waals surface area contributed by atoms with Gasteiger partial charge in [-0.3, -0.25) is 14.3 Å². The van der Waals surface area contributed by atoms with Crippen LogP contribution in [0.3, 0.4) is 0 Å². The summed E-state index contributed by atoms with van der Waals surface area (Å²) in [5, 5.41) is 17.1. The van der Waals surface area contributed by atoms with Crippen LogP contribution in [0.1, 0.15) is 39.2 Å². The second kappa shape index (κ2) is 11.5. The van der Waals surface area contributed by atoms with Gasteiger partial charge in [0.05, 0.1) is 17.8 Å². The Hall–Kier alpha value is -2.45. The van der Waals surface area contributed by atoms with Crippen LogP contribution in [0, 0.1) is 5.41 Å². The fourth-order valence-corrected chi connectivity index (χ4v) is 3.02. The van der Waals surface area contributed by atoms with Crippen LogP contribution in [0.5, 0.6) is 0 Å². The predicted octanol–water partition coefficient (Wildman–Crippen LogP) is 1.41. The minimum Gasteiger partial charge on any atom is -0.391 e. The van der Waals surface area contributed by atoms with Crippen LogP contribution in [-0.2, 0) is 23.2 Å². The van der Waals surface area contributed by atoms with Gasteiger partial charge >= 0.3 is 0 Å². The number of aliphatic hydroxyl groups is 1. The monoisotopic (exact) mass is 405 g/mol. The van der Waals surface area contributed by atoms with Gasteiger partial charge in [-0.2, -0.15) is 5.10 Å². The van der Waals surface area contributed by atoms with Gasteiger partial charge in [0, 0.05) is 38.5 Å². The van der Waals surface area contributed by atoms with Crippen LogP contribution in [-0.4, -0.2) is 58.3 Å². The number of fused-ring (bicyclic) bond motifs is 1. The average molecular weight is 406 g/mol. The van der Waals surface area contributed by atoms with Crippen LogP contribution < -0.4 is 11.1 Å². The van der Waals surface area contributed by atoms with E-state index in [9.17, 15) is 14.7 Å². The van der Waals surface area contributed by atoms with E-state index in [0.717, 1.165) is 29.4 Å². The first kappa shape index (κ1) is 24.6. The quantitative estimate of drug-likeness (QED) is 0.666. The van der Waals surface area contributed by atoms with E-state index in [1.54, 1.807) is 4.90 Å². The molecule has 1 aromatic heterocycles. The number of hydrogen-bond acceptors (Lipinski definition) is 5. The highest BCUT2D eigenvalue weighted by Crippen LogP contribution is 2.21. The molecule has 0 aliphatic carbocycles. The Morgan fingerprint density at radius 3 is 2.62 bits per heavy atom. The first-order valence-electron chi connectivity index (χ1n) is 9.81. The summed E-state index contributed by atoms with van der Waals surface area (Å²) in [6.07, 6.45) is 3.52. The number of nitrogens with one attached hydrogen (secondary N) is 1. The van der Waals surface area contributed by atoms with E-state index in [2.05, 4.69) is 36.9 Å². The summed E-state index contributed by atoms with van der Waals surface area (Å²) in [5.74, 6) is 0.170. The van der Waals surface area contributed by atoms with Gasteiger partial charge in [0.25, 0.3) is 0 Å². The highest BCUT2D eigenvalue weighted by molar-refractivity contribution is 5.79. The number of β-amino-alcohol motifs (C(OH)–C–C–N with tert-alkyl or cyclic N) is 1. The molecule has 0 spiro atoms. The predicted molar refractivity (Wildman–Crippen MR) is 115 cm³/mol. The molecule has 1 aromatic carbocycles. The maximum Gasteiger partial charge on any atom is 0.223 e. The number of carbonyl (C=O) groups is 2. The molecular formula is C21H35N5O3. The highest BCUT2D eigenvalue weighted by Gasteiger charge is 2.27. The van der Waals surface area contributed by atoms with Crippen molar-refractivity contribution in [2.24, 2.45) is 18.2 Å². The van der Waals surface area contributed by atoms with Crippen molar-refractivity contribution in [2.75, 3.05) is 20.1 Å². The standard InChI is InChI=1S/C10H11N3O.C10H19NO2.CH5N/c1-13-10-3-2-8(5-11-7-14)4-9(10)6-12-13;1-10(2,3)6-9(13)11-5-4-8(12)7-11;1-2/h2-4,6-7H,5H2,1H3,(H,11,14);8,12H,4-7H2,1-3H3;2H2,1H3. The van der Waals surface area contributed by atoms with Crippen molar-refractivity contribution >= 4 is 23.2 Å². The molecule has 1 unspecified atom stereocenters. The number of aryl methyl sites for hydroxylation is 1. The lowest BCUT2D eigenvalue weighted by atomic mass is 9.92. The number of amides is 2. The molecule has 1 aliphatic rings. The van der Waals surface area contributed by atoms with Crippen LogP contribution in [0.25, 0.3) is 10.9 Å². The van der Waals surface area contributed by atoms with Crippen molar-refractivity contribution in [1.29, 1.82) is 0 Å². The van der Waals surface area contributed by atoms with Gasteiger partial charge in [-0.05, 0) is 36.6 Å². The summed E-state index contributed by atoms with van der Waals surface area (Å²) >= 11 is 0. The SMILES string of the molecule is CC(C)(C)CC(=O)N1CCC(O)C1.CN.Cn1ncc2cc(CNC=O)ccc21. The van der Waals surface area contributed by atoms with E-state index in [0.29, 0.717) is 25.9 Å². The zero-order chi connectivity index (χ0) is 22.0. The Balaban J connectivity index is 0.000000268. The summed E-state index contributed by atoms with van der Waals surface area (Å²) < 4.78 is 1.83. The van der Waals surface area contributed by atoms with Crippen molar-refractivity contribution in [3.05, 3.63) is 30.0 Å². The molecule has 0 radical (unpaired) electrons. The molecule has 29 heavy (non-hydrogen) atoms. The molecule has 1 atom stereocenters. The summed E-state index contributed by atoms with van der Waals surface area (Å²) in [6.45, 7) is 7.96. The number of likely N-dealkylation sites (tertiary alicyclic amines) is 1. The van der Waals surface area contributed by atoms with Crippen molar-refractivity contribution in [1.82, 2.24) is 20.0 Å². The van der Waals surface area contributed by atoms with Gasteiger partial charge < -0.3 is 21.1 Å². The molecule has 1 aliphatic heterocycles. The summed E-state index contributed by atoms with van der Waals surface area (Å²) in [5.41, 5.74) is 6.72. The van der Waals surface area contributed by atoms with Gasteiger partial charge in [0.1, 0.15) is 0 Å². The smallest absolute Gasteiger partial charge is 0.223 e. The number of rotatable bonds is 4. The average Bonchev–Trinajstić information content (AvgIpc) is 3.27. The molecule has 3 rings (SSSR count). The molecule has 8 nitrogen and oxygen atoms in total. The lowest BCUT2D eigenvalue weighted by molar-refractivity contribution is -0.132. The normalized spacial score (nSPS) is 15.8. The minimum atomic E-state index is -0.302. The number of carbonyl (C=O) groups excluding carboxylic acids is 2. The zero-order valence-corrected chi connectivity index (χ0v) is 18.2. The molecule has 4 N–H and O–H groups in total. The van der Waals surface area contributed by atoms with Crippen LogP contribution in [0.2, 0.25) is 0 Å². The van der Waals surface area contributed by atoms with Gasteiger partial charge in [-0.25, -0.2) is 0 Å². The Bertz CT molecular complexity index is 782.